The maximum Gasteiger partial charge on any atom is 0.256 e. The second-order valence-electron chi connectivity index (χ2n) is 6.73. The van der Waals surface area contributed by atoms with E-state index in [9.17, 15) is 9.59 Å². The predicted octanol–water partition coefficient (Wildman–Crippen LogP) is 2.46. The molecule has 0 radical (unpaired) electrons. The molecular formula is C21H21N3O2. The number of carbonyl (C=O) groups excluding carboxylic acids is 2. The molecule has 0 aromatic heterocycles. The van der Waals surface area contributed by atoms with Crippen molar-refractivity contribution in [1.29, 1.82) is 0 Å². The molecule has 2 amide bonds. The van der Waals surface area contributed by atoms with E-state index in [1.807, 2.05) is 47.4 Å². The first-order chi connectivity index (χ1) is 12.6. The highest BCUT2D eigenvalue weighted by atomic mass is 16.2. The monoisotopic (exact) mass is 347 g/mol. The minimum atomic E-state index is -0.150. The first-order valence-electron chi connectivity index (χ1n) is 8.83. The third-order valence-electron chi connectivity index (χ3n) is 5.01. The molecule has 0 atom stereocenters. The van der Waals surface area contributed by atoms with Crippen LogP contribution >= 0.6 is 0 Å². The summed E-state index contributed by atoms with van der Waals surface area (Å²) in [6.45, 7) is 3.20. The van der Waals surface area contributed by atoms with Crippen molar-refractivity contribution in [1.82, 2.24) is 9.80 Å². The Morgan fingerprint density at radius 3 is 2.27 bits per heavy atom. The number of carbonyl (C=O) groups is 2. The fourth-order valence-corrected chi connectivity index (χ4v) is 3.47. The number of para-hydroxylation sites is 1. The van der Waals surface area contributed by atoms with E-state index >= 15 is 0 Å². The molecule has 26 heavy (non-hydrogen) atoms. The van der Waals surface area contributed by atoms with Crippen LogP contribution in [0.1, 0.15) is 21.5 Å². The Balaban J connectivity index is 1.80. The molecule has 0 spiro atoms. The molecular weight excluding hydrogens is 326 g/mol. The lowest BCUT2D eigenvalue weighted by molar-refractivity contribution is -0.127. The van der Waals surface area contributed by atoms with Crippen LogP contribution in [0.4, 0.5) is 5.69 Å². The van der Waals surface area contributed by atoms with Gasteiger partial charge in [0.2, 0.25) is 5.91 Å². The van der Waals surface area contributed by atoms with Crippen molar-refractivity contribution in [2.45, 2.75) is 0 Å². The molecule has 4 rings (SSSR count). The molecule has 2 aromatic rings. The first kappa shape index (κ1) is 16.5. The number of benzene rings is 2. The van der Waals surface area contributed by atoms with Gasteiger partial charge in [-0.15, -0.1) is 0 Å². The number of amides is 2. The van der Waals surface area contributed by atoms with Gasteiger partial charge < -0.3 is 15.1 Å². The molecule has 1 fully saturated rings. The smallest absolute Gasteiger partial charge is 0.256 e. The number of nitrogens with one attached hydrogen (secondary N) is 1. The molecule has 5 heteroatoms. The molecule has 2 heterocycles. The second kappa shape index (κ2) is 6.77. The zero-order chi connectivity index (χ0) is 18.1. The standard InChI is InChI=1S/C21H21N3O2/c1-23-10-12-24(13-11-23)20(25)14-18-15-6-2-3-8-17(15)21(26)22-19-9-5-4-7-16(18)19/h2-9,14H,10-13H2,1H3,(H,22,26)/b18-14-. The quantitative estimate of drug-likeness (QED) is 0.807. The lowest BCUT2D eigenvalue weighted by atomic mass is 9.93. The lowest BCUT2D eigenvalue weighted by Gasteiger charge is -2.32. The van der Waals surface area contributed by atoms with Gasteiger partial charge in [-0.1, -0.05) is 36.4 Å². The minimum absolute atomic E-state index is 0.00736. The van der Waals surface area contributed by atoms with E-state index in [1.165, 1.54) is 0 Å². The van der Waals surface area contributed by atoms with Crippen molar-refractivity contribution in [2.24, 2.45) is 0 Å². The SMILES string of the molecule is CN1CCN(C(=O)/C=C2\c3ccccc3NC(=O)c3ccccc32)CC1. The zero-order valence-electron chi connectivity index (χ0n) is 14.7. The summed E-state index contributed by atoms with van der Waals surface area (Å²) in [5.74, 6) is -0.157. The van der Waals surface area contributed by atoms with Gasteiger partial charge in [0.25, 0.3) is 5.91 Å². The van der Waals surface area contributed by atoms with Crippen LogP contribution < -0.4 is 5.32 Å². The Hall–Kier alpha value is -2.92. The molecule has 0 saturated carbocycles. The van der Waals surface area contributed by atoms with Gasteiger partial charge in [-0.25, -0.2) is 0 Å². The Bertz CT molecular complexity index is 896. The highest BCUT2D eigenvalue weighted by molar-refractivity contribution is 6.14. The predicted molar refractivity (Wildman–Crippen MR) is 102 cm³/mol. The molecule has 0 aliphatic carbocycles. The van der Waals surface area contributed by atoms with Gasteiger partial charge in [0.1, 0.15) is 0 Å². The van der Waals surface area contributed by atoms with E-state index in [0.717, 1.165) is 48.6 Å². The van der Waals surface area contributed by atoms with Crippen LogP contribution in [0.3, 0.4) is 0 Å². The van der Waals surface area contributed by atoms with Crippen molar-refractivity contribution in [2.75, 3.05) is 38.5 Å². The molecule has 132 valence electrons. The van der Waals surface area contributed by atoms with Crippen molar-refractivity contribution < 1.29 is 9.59 Å². The third kappa shape index (κ3) is 3.02. The van der Waals surface area contributed by atoms with Crippen LogP contribution in [-0.4, -0.2) is 54.8 Å². The van der Waals surface area contributed by atoms with Gasteiger partial charge >= 0.3 is 0 Å². The Labute approximate surface area is 152 Å². The van der Waals surface area contributed by atoms with E-state index in [-0.39, 0.29) is 11.8 Å². The van der Waals surface area contributed by atoms with E-state index < -0.39 is 0 Å². The summed E-state index contributed by atoms with van der Waals surface area (Å²) in [6.07, 6.45) is 1.68. The van der Waals surface area contributed by atoms with Crippen molar-refractivity contribution in [3.8, 4) is 0 Å². The van der Waals surface area contributed by atoms with Crippen LogP contribution in [-0.2, 0) is 4.79 Å². The van der Waals surface area contributed by atoms with Crippen molar-refractivity contribution in [3.63, 3.8) is 0 Å². The Kier molecular flexibility index (Phi) is 4.31. The van der Waals surface area contributed by atoms with Crippen LogP contribution in [0, 0.1) is 0 Å². The normalized spacial score (nSPS) is 18.7. The Morgan fingerprint density at radius 1 is 0.923 bits per heavy atom. The minimum Gasteiger partial charge on any atom is -0.337 e. The van der Waals surface area contributed by atoms with E-state index in [4.69, 9.17) is 0 Å². The summed E-state index contributed by atoms with van der Waals surface area (Å²) in [4.78, 5) is 29.6. The Morgan fingerprint density at radius 2 is 1.54 bits per heavy atom. The number of likely N-dealkylation sites (N-methyl/N-ethyl adjacent to an activating group) is 1. The molecule has 0 bridgehead atoms. The van der Waals surface area contributed by atoms with Crippen molar-refractivity contribution in [3.05, 3.63) is 71.3 Å². The molecule has 1 saturated heterocycles. The molecule has 2 aliphatic heterocycles. The maximum atomic E-state index is 12.9. The van der Waals surface area contributed by atoms with Crippen LogP contribution in [0.15, 0.2) is 54.6 Å². The highest BCUT2D eigenvalue weighted by Gasteiger charge is 2.25. The van der Waals surface area contributed by atoms with Gasteiger partial charge in [0.15, 0.2) is 0 Å². The van der Waals surface area contributed by atoms with Crippen LogP contribution in [0.5, 0.6) is 0 Å². The first-order valence-corrected chi connectivity index (χ1v) is 8.83. The van der Waals surface area contributed by atoms with Gasteiger partial charge in [0.05, 0.1) is 0 Å². The number of hydrogen-bond donors (Lipinski definition) is 1. The average molecular weight is 347 g/mol. The fraction of sp³-hybridized carbons (Fsp3) is 0.238. The lowest BCUT2D eigenvalue weighted by Crippen LogP contribution is -2.46. The van der Waals surface area contributed by atoms with Gasteiger partial charge in [-0.3, -0.25) is 9.59 Å². The van der Waals surface area contributed by atoms with E-state index in [1.54, 1.807) is 12.1 Å². The van der Waals surface area contributed by atoms with Crippen LogP contribution in [0.2, 0.25) is 0 Å². The fourth-order valence-electron chi connectivity index (χ4n) is 3.47. The largest absolute Gasteiger partial charge is 0.337 e. The van der Waals surface area contributed by atoms with Crippen molar-refractivity contribution >= 4 is 23.1 Å². The van der Waals surface area contributed by atoms with Gasteiger partial charge in [0, 0.05) is 49.1 Å². The number of fused-ring (bicyclic) bond motifs is 2. The number of piperazine rings is 1. The molecule has 2 aliphatic rings. The summed E-state index contributed by atoms with van der Waals surface area (Å²) in [5.41, 5.74) is 3.76. The summed E-state index contributed by atoms with van der Waals surface area (Å²) in [7, 11) is 2.06. The molecule has 5 nitrogen and oxygen atoms in total. The number of nitrogens with zero attached hydrogens (tertiary/aromatic N) is 2. The molecule has 0 unspecified atom stereocenters. The number of rotatable bonds is 1. The highest BCUT2D eigenvalue weighted by Crippen LogP contribution is 2.35. The molecule has 1 N–H and O–H groups in total. The number of anilines is 1. The van der Waals surface area contributed by atoms with Gasteiger partial charge in [-0.05, 0) is 30.3 Å². The summed E-state index contributed by atoms with van der Waals surface area (Å²) >= 11 is 0. The maximum absolute atomic E-state index is 12.9. The average Bonchev–Trinajstić information content (AvgIpc) is 2.78. The summed E-state index contributed by atoms with van der Waals surface area (Å²) in [6, 6.07) is 15.1. The van der Waals surface area contributed by atoms with E-state index in [2.05, 4.69) is 17.3 Å². The topological polar surface area (TPSA) is 52.6 Å². The third-order valence-corrected chi connectivity index (χ3v) is 5.01. The summed E-state index contributed by atoms with van der Waals surface area (Å²) in [5, 5.41) is 2.96. The van der Waals surface area contributed by atoms with Gasteiger partial charge in [-0.2, -0.15) is 0 Å². The zero-order valence-corrected chi connectivity index (χ0v) is 14.7. The van der Waals surface area contributed by atoms with Crippen LogP contribution in [0.25, 0.3) is 5.57 Å². The van der Waals surface area contributed by atoms with E-state index in [0.29, 0.717) is 5.56 Å². The summed E-state index contributed by atoms with van der Waals surface area (Å²) < 4.78 is 0. The number of hydrogen-bond acceptors (Lipinski definition) is 3. The molecule has 2 aromatic carbocycles. The second-order valence-corrected chi connectivity index (χ2v) is 6.73.